The lowest BCUT2D eigenvalue weighted by Gasteiger charge is -2.10. The number of benzene rings is 1. The monoisotopic (exact) mass is 321 g/mol. The van der Waals surface area contributed by atoms with Crippen molar-refractivity contribution in [3.8, 4) is 0 Å². The Morgan fingerprint density at radius 2 is 1.83 bits per heavy atom. The van der Waals surface area contributed by atoms with Crippen LogP contribution in [0, 0.1) is 0 Å². The number of pyridine rings is 2. The molecule has 0 radical (unpaired) electrons. The maximum absolute atomic E-state index is 11.6. The summed E-state index contributed by atoms with van der Waals surface area (Å²) in [5.41, 5.74) is 2.55. The summed E-state index contributed by atoms with van der Waals surface area (Å²) in [6, 6.07) is 10.5. The number of anilines is 2. The van der Waals surface area contributed by atoms with Gasteiger partial charge in [0.2, 0.25) is 0 Å². The average molecular weight is 321 g/mol. The third kappa shape index (κ3) is 3.08. The van der Waals surface area contributed by atoms with Gasteiger partial charge in [-0.15, -0.1) is 0 Å². The fraction of sp³-hybridized carbons (Fsp3) is 0.111. The summed E-state index contributed by atoms with van der Waals surface area (Å²) < 4.78 is 4.65. The number of fused-ring (bicyclic) bond motifs is 1. The molecule has 6 heteroatoms. The van der Waals surface area contributed by atoms with E-state index in [9.17, 15) is 9.59 Å². The van der Waals surface area contributed by atoms with Crippen molar-refractivity contribution in [2.45, 2.75) is 6.92 Å². The molecule has 3 aromatic rings. The van der Waals surface area contributed by atoms with E-state index >= 15 is 0 Å². The Labute approximate surface area is 138 Å². The number of ketones is 1. The number of nitrogens with zero attached hydrogens (tertiary/aromatic N) is 2. The topological polar surface area (TPSA) is 81.2 Å². The molecule has 0 aliphatic heterocycles. The Morgan fingerprint density at radius 3 is 2.50 bits per heavy atom. The molecular weight excluding hydrogens is 306 g/mol. The van der Waals surface area contributed by atoms with E-state index in [1.807, 2.05) is 12.1 Å². The molecule has 0 fully saturated rings. The molecule has 0 saturated heterocycles. The van der Waals surface area contributed by atoms with Crippen LogP contribution in [0.15, 0.2) is 48.8 Å². The van der Waals surface area contributed by atoms with E-state index in [2.05, 4.69) is 20.0 Å². The number of methoxy groups -OCH3 is 1. The normalized spacial score (nSPS) is 10.4. The van der Waals surface area contributed by atoms with Crippen molar-refractivity contribution in [3.05, 3.63) is 59.9 Å². The van der Waals surface area contributed by atoms with Crippen LogP contribution in [-0.4, -0.2) is 28.8 Å². The zero-order valence-corrected chi connectivity index (χ0v) is 13.2. The zero-order chi connectivity index (χ0) is 17.1. The van der Waals surface area contributed by atoms with Crippen molar-refractivity contribution in [2.24, 2.45) is 0 Å². The predicted octanol–water partition coefficient (Wildman–Crippen LogP) is 3.36. The van der Waals surface area contributed by atoms with E-state index in [0.29, 0.717) is 16.9 Å². The molecule has 0 aliphatic carbocycles. The standard InChI is InChI=1S/C18H15N3O3/c1-11(22)12-3-5-15-14(9-12)16(7-8-19-15)21-17-6-4-13(10-20-17)18(23)24-2/h3-10H,1-2H3,(H,19,20,21). The Hall–Kier alpha value is -3.28. The Morgan fingerprint density at radius 1 is 1.04 bits per heavy atom. The lowest BCUT2D eigenvalue weighted by Crippen LogP contribution is -2.03. The minimum Gasteiger partial charge on any atom is -0.465 e. The summed E-state index contributed by atoms with van der Waals surface area (Å²) >= 11 is 0. The van der Waals surface area contributed by atoms with Gasteiger partial charge in [0.1, 0.15) is 5.82 Å². The van der Waals surface area contributed by atoms with E-state index in [0.717, 1.165) is 16.6 Å². The second-order valence-electron chi connectivity index (χ2n) is 5.20. The highest BCUT2D eigenvalue weighted by molar-refractivity contribution is 6.01. The highest BCUT2D eigenvalue weighted by Crippen LogP contribution is 2.25. The van der Waals surface area contributed by atoms with E-state index in [4.69, 9.17) is 0 Å². The maximum atomic E-state index is 11.6. The van der Waals surface area contributed by atoms with Crippen molar-refractivity contribution in [1.82, 2.24) is 9.97 Å². The number of rotatable bonds is 4. The van der Waals surface area contributed by atoms with Crippen LogP contribution in [0.5, 0.6) is 0 Å². The van der Waals surface area contributed by atoms with Gasteiger partial charge >= 0.3 is 5.97 Å². The Bertz CT molecular complexity index is 920. The SMILES string of the molecule is COC(=O)c1ccc(Nc2ccnc3ccc(C(C)=O)cc23)nc1. The molecule has 0 saturated carbocycles. The Kier molecular flexibility index (Phi) is 4.20. The van der Waals surface area contributed by atoms with Crippen molar-refractivity contribution in [3.63, 3.8) is 0 Å². The zero-order valence-electron chi connectivity index (χ0n) is 13.2. The first-order valence-electron chi connectivity index (χ1n) is 7.29. The van der Waals surface area contributed by atoms with Crippen LogP contribution in [0.2, 0.25) is 0 Å². The summed E-state index contributed by atoms with van der Waals surface area (Å²) in [6.07, 6.45) is 3.12. The number of nitrogens with one attached hydrogen (secondary N) is 1. The molecule has 120 valence electrons. The lowest BCUT2D eigenvalue weighted by atomic mass is 10.1. The maximum Gasteiger partial charge on any atom is 0.339 e. The van der Waals surface area contributed by atoms with Gasteiger partial charge in [-0.05, 0) is 43.3 Å². The van der Waals surface area contributed by atoms with Gasteiger partial charge in [-0.25, -0.2) is 9.78 Å². The second-order valence-corrected chi connectivity index (χ2v) is 5.20. The number of aromatic nitrogens is 2. The Balaban J connectivity index is 1.96. The number of carbonyl (C=O) groups is 2. The summed E-state index contributed by atoms with van der Waals surface area (Å²) in [4.78, 5) is 31.5. The number of ether oxygens (including phenoxy) is 1. The summed E-state index contributed by atoms with van der Waals surface area (Å²) in [5.74, 6) is 0.130. The first kappa shape index (κ1) is 15.6. The van der Waals surface area contributed by atoms with Gasteiger partial charge in [0.25, 0.3) is 0 Å². The van der Waals surface area contributed by atoms with E-state index in [1.54, 1.807) is 30.5 Å². The lowest BCUT2D eigenvalue weighted by molar-refractivity contribution is 0.0600. The average Bonchev–Trinajstić information content (AvgIpc) is 2.61. The fourth-order valence-corrected chi connectivity index (χ4v) is 2.32. The first-order chi connectivity index (χ1) is 11.6. The highest BCUT2D eigenvalue weighted by atomic mass is 16.5. The molecule has 0 aliphatic rings. The minimum absolute atomic E-state index is 0.00717. The third-order valence-corrected chi connectivity index (χ3v) is 3.60. The molecule has 1 aromatic carbocycles. The fourth-order valence-electron chi connectivity index (χ4n) is 2.32. The van der Waals surface area contributed by atoms with Crippen LogP contribution in [0.4, 0.5) is 11.5 Å². The molecule has 24 heavy (non-hydrogen) atoms. The molecule has 6 nitrogen and oxygen atoms in total. The van der Waals surface area contributed by atoms with Crippen molar-refractivity contribution in [1.29, 1.82) is 0 Å². The smallest absolute Gasteiger partial charge is 0.339 e. The molecule has 2 aromatic heterocycles. The number of Topliss-reactive ketones (excluding diaryl/α,β-unsaturated/α-hetero) is 1. The van der Waals surface area contributed by atoms with Gasteiger partial charge in [-0.2, -0.15) is 0 Å². The molecule has 0 unspecified atom stereocenters. The first-order valence-corrected chi connectivity index (χ1v) is 7.29. The van der Waals surface area contributed by atoms with Crippen LogP contribution >= 0.6 is 0 Å². The van der Waals surface area contributed by atoms with E-state index in [-0.39, 0.29) is 5.78 Å². The van der Waals surface area contributed by atoms with Crippen LogP contribution in [0.1, 0.15) is 27.6 Å². The quantitative estimate of drug-likeness (QED) is 0.586. The van der Waals surface area contributed by atoms with Gasteiger partial charge in [0.05, 0.1) is 23.9 Å². The van der Waals surface area contributed by atoms with Crippen molar-refractivity contribution >= 4 is 34.2 Å². The molecule has 0 amide bonds. The van der Waals surface area contributed by atoms with Crippen LogP contribution < -0.4 is 5.32 Å². The largest absolute Gasteiger partial charge is 0.465 e. The van der Waals surface area contributed by atoms with Gasteiger partial charge in [0, 0.05) is 23.3 Å². The predicted molar refractivity (Wildman–Crippen MR) is 90.6 cm³/mol. The molecule has 2 heterocycles. The van der Waals surface area contributed by atoms with Crippen LogP contribution in [0.3, 0.4) is 0 Å². The van der Waals surface area contributed by atoms with Gasteiger partial charge in [-0.1, -0.05) is 0 Å². The van der Waals surface area contributed by atoms with Gasteiger partial charge in [-0.3, -0.25) is 9.78 Å². The molecule has 0 atom stereocenters. The third-order valence-electron chi connectivity index (χ3n) is 3.60. The van der Waals surface area contributed by atoms with Crippen LogP contribution in [0.25, 0.3) is 10.9 Å². The molecule has 3 rings (SSSR count). The highest BCUT2D eigenvalue weighted by Gasteiger charge is 2.08. The van der Waals surface area contributed by atoms with Gasteiger partial charge < -0.3 is 10.1 Å². The van der Waals surface area contributed by atoms with Crippen LogP contribution in [-0.2, 0) is 4.74 Å². The number of carbonyl (C=O) groups excluding carboxylic acids is 2. The summed E-state index contributed by atoms with van der Waals surface area (Å²) in [5, 5.41) is 4.01. The number of esters is 1. The number of hydrogen-bond donors (Lipinski definition) is 1. The second kappa shape index (κ2) is 6.45. The summed E-state index contributed by atoms with van der Waals surface area (Å²) in [7, 11) is 1.32. The van der Waals surface area contributed by atoms with E-state index in [1.165, 1.54) is 20.2 Å². The molecule has 1 N–H and O–H groups in total. The van der Waals surface area contributed by atoms with Crippen molar-refractivity contribution < 1.29 is 14.3 Å². The van der Waals surface area contributed by atoms with Crippen molar-refractivity contribution in [2.75, 3.05) is 12.4 Å². The van der Waals surface area contributed by atoms with Gasteiger partial charge in [0.15, 0.2) is 5.78 Å². The molecule has 0 spiro atoms. The number of hydrogen-bond acceptors (Lipinski definition) is 6. The van der Waals surface area contributed by atoms with E-state index < -0.39 is 5.97 Å². The summed E-state index contributed by atoms with van der Waals surface area (Å²) in [6.45, 7) is 1.53. The molecule has 0 bridgehead atoms. The minimum atomic E-state index is -0.436. The molecular formula is C18H15N3O3.